The number of aryl methyl sites for hydroxylation is 1. The van der Waals surface area contributed by atoms with E-state index in [0.717, 1.165) is 24.3 Å². The van der Waals surface area contributed by atoms with Crippen molar-refractivity contribution in [2.24, 2.45) is 5.92 Å². The van der Waals surface area contributed by atoms with Crippen LogP contribution in [0.4, 0.5) is 17.6 Å². The average molecular weight is 428 g/mol. The van der Waals surface area contributed by atoms with Gasteiger partial charge in [0.2, 0.25) is 0 Å². The molecule has 0 N–H and O–H groups in total. The summed E-state index contributed by atoms with van der Waals surface area (Å²) in [5.41, 5.74) is 0.831. The molecule has 0 fully saturated rings. The van der Waals surface area contributed by atoms with E-state index in [2.05, 4.69) is 0 Å². The van der Waals surface area contributed by atoms with Crippen LogP contribution in [-0.2, 0) is 22.4 Å². The molecule has 4 nitrogen and oxygen atoms in total. The quantitative estimate of drug-likeness (QED) is 0.303. The minimum atomic E-state index is -1.03. The van der Waals surface area contributed by atoms with E-state index >= 15 is 0 Å². The van der Waals surface area contributed by atoms with Gasteiger partial charge in [0.1, 0.15) is 11.5 Å². The molecule has 30 heavy (non-hydrogen) atoms. The molecule has 2 aromatic rings. The number of halogens is 4. The SMILES string of the molecule is CCC(Cc1cc(F)c(F)cc1OC)C(=O)OCCCc1cc(F)c(F)cc1OC. The van der Waals surface area contributed by atoms with Gasteiger partial charge in [0.25, 0.3) is 0 Å². The van der Waals surface area contributed by atoms with E-state index in [1.165, 1.54) is 14.2 Å². The number of hydrogen-bond acceptors (Lipinski definition) is 4. The maximum absolute atomic E-state index is 13.6. The lowest BCUT2D eigenvalue weighted by atomic mass is 9.96. The van der Waals surface area contributed by atoms with E-state index in [9.17, 15) is 22.4 Å². The Kier molecular flexibility index (Phi) is 8.50. The molecule has 0 bridgehead atoms. The van der Waals surface area contributed by atoms with Crippen LogP contribution in [0.15, 0.2) is 24.3 Å². The minimum absolute atomic E-state index is 0.0619. The van der Waals surface area contributed by atoms with Crippen molar-refractivity contribution >= 4 is 5.97 Å². The van der Waals surface area contributed by atoms with Gasteiger partial charge >= 0.3 is 5.97 Å². The van der Waals surface area contributed by atoms with Crippen molar-refractivity contribution in [3.63, 3.8) is 0 Å². The molecule has 0 aliphatic carbocycles. The summed E-state index contributed by atoms with van der Waals surface area (Å²) >= 11 is 0. The van der Waals surface area contributed by atoms with Gasteiger partial charge in [0, 0.05) is 12.1 Å². The third-order valence-corrected chi connectivity index (χ3v) is 4.77. The van der Waals surface area contributed by atoms with Crippen LogP contribution in [0.1, 0.15) is 30.9 Å². The average Bonchev–Trinajstić information content (AvgIpc) is 2.73. The summed E-state index contributed by atoms with van der Waals surface area (Å²) in [4.78, 5) is 12.4. The van der Waals surface area contributed by atoms with E-state index in [1.807, 2.05) is 0 Å². The third kappa shape index (κ3) is 5.87. The molecule has 0 amide bonds. The van der Waals surface area contributed by atoms with Gasteiger partial charge in [-0.3, -0.25) is 4.79 Å². The lowest BCUT2D eigenvalue weighted by Gasteiger charge is -2.16. The molecule has 0 heterocycles. The van der Waals surface area contributed by atoms with Gasteiger partial charge < -0.3 is 14.2 Å². The van der Waals surface area contributed by atoms with E-state index in [-0.39, 0.29) is 24.5 Å². The highest BCUT2D eigenvalue weighted by Crippen LogP contribution is 2.27. The van der Waals surface area contributed by atoms with Crippen LogP contribution in [0.25, 0.3) is 0 Å². The summed E-state index contributed by atoms with van der Waals surface area (Å²) in [6, 6.07) is 3.98. The highest BCUT2D eigenvalue weighted by atomic mass is 19.2. The Morgan fingerprint density at radius 1 is 0.867 bits per heavy atom. The molecule has 1 atom stereocenters. The molecular weight excluding hydrogens is 404 g/mol. The van der Waals surface area contributed by atoms with E-state index in [1.54, 1.807) is 6.92 Å². The molecule has 0 aromatic heterocycles. The maximum Gasteiger partial charge on any atom is 0.309 e. The number of carbonyl (C=O) groups excluding carboxylic acids is 1. The zero-order valence-electron chi connectivity index (χ0n) is 17.1. The highest BCUT2D eigenvalue weighted by molar-refractivity contribution is 5.73. The molecular formula is C22H24F4O4. The molecule has 0 spiro atoms. The minimum Gasteiger partial charge on any atom is -0.496 e. The third-order valence-electron chi connectivity index (χ3n) is 4.77. The smallest absolute Gasteiger partial charge is 0.309 e. The normalized spacial score (nSPS) is 11.8. The predicted molar refractivity (Wildman–Crippen MR) is 103 cm³/mol. The van der Waals surface area contributed by atoms with E-state index in [0.29, 0.717) is 30.4 Å². The van der Waals surface area contributed by atoms with Crippen LogP contribution in [0.3, 0.4) is 0 Å². The van der Waals surface area contributed by atoms with Crippen molar-refractivity contribution in [1.29, 1.82) is 0 Å². The Bertz CT molecular complexity index is 886. The van der Waals surface area contributed by atoms with Crippen molar-refractivity contribution in [2.45, 2.75) is 32.6 Å². The molecule has 2 aromatic carbocycles. The molecule has 1 unspecified atom stereocenters. The number of methoxy groups -OCH3 is 2. The lowest BCUT2D eigenvalue weighted by Crippen LogP contribution is -2.20. The van der Waals surface area contributed by atoms with Gasteiger partial charge in [-0.2, -0.15) is 0 Å². The number of carbonyl (C=O) groups is 1. The summed E-state index contributed by atoms with van der Waals surface area (Å²) in [5.74, 6) is -4.70. The Morgan fingerprint density at radius 2 is 1.37 bits per heavy atom. The second kappa shape index (κ2) is 10.8. The van der Waals surface area contributed by atoms with Gasteiger partial charge in [0.15, 0.2) is 23.3 Å². The fourth-order valence-electron chi connectivity index (χ4n) is 3.09. The van der Waals surface area contributed by atoms with Crippen molar-refractivity contribution in [2.75, 3.05) is 20.8 Å². The van der Waals surface area contributed by atoms with Crippen LogP contribution in [0.5, 0.6) is 11.5 Å². The van der Waals surface area contributed by atoms with Crippen molar-refractivity contribution < 1.29 is 36.6 Å². The molecule has 8 heteroatoms. The number of ether oxygens (including phenoxy) is 3. The summed E-state index contributed by atoms with van der Waals surface area (Å²) in [7, 11) is 2.69. The van der Waals surface area contributed by atoms with E-state index in [4.69, 9.17) is 14.2 Å². The van der Waals surface area contributed by atoms with Gasteiger partial charge in [-0.1, -0.05) is 6.92 Å². The van der Waals surface area contributed by atoms with Gasteiger partial charge in [-0.25, -0.2) is 17.6 Å². The van der Waals surface area contributed by atoms with Crippen molar-refractivity contribution in [1.82, 2.24) is 0 Å². The molecule has 0 aliphatic rings. The summed E-state index contributed by atoms with van der Waals surface area (Å²) < 4.78 is 69.0. The molecule has 0 aliphatic heterocycles. The summed E-state index contributed by atoms with van der Waals surface area (Å²) in [6.45, 7) is 1.84. The fourth-order valence-corrected chi connectivity index (χ4v) is 3.09. The Balaban J connectivity index is 1.94. The summed E-state index contributed by atoms with van der Waals surface area (Å²) in [5, 5.41) is 0. The molecule has 2 rings (SSSR count). The largest absolute Gasteiger partial charge is 0.496 e. The monoisotopic (exact) mass is 428 g/mol. The summed E-state index contributed by atoms with van der Waals surface area (Å²) in [6.07, 6.45) is 1.25. The Morgan fingerprint density at radius 3 is 1.90 bits per heavy atom. The molecule has 0 radical (unpaired) electrons. The van der Waals surface area contributed by atoms with Crippen LogP contribution in [0.2, 0.25) is 0 Å². The second-order valence-corrected chi connectivity index (χ2v) is 6.74. The zero-order chi connectivity index (χ0) is 22.3. The first kappa shape index (κ1) is 23.5. The highest BCUT2D eigenvalue weighted by Gasteiger charge is 2.22. The van der Waals surface area contributed by atoms with Gasteiger partial charge in [0.05, 0.1) is 26.7 Å². The molecule has 0 saturated heterocycles. The Hall–Kier alpha value is -2.77. The van der Waals surface area contributed by atoms with Crippen LogP contribution >= 0.6 is 0 Å². The second-order valence-electron chi connectivity index (χ2n) is 6.74. The number of esters is 1. The van der Waals surface area contributed by atoms with Gasteiger partial charge in [-0.05, 0) is 48.9 Å². The number of hydrogen-bond donors (Lipinski definition) is 0. The maximum atomic E-state index is 13.6. The standard InChI is InChI=1S/C22H24F4O4/c1-4-13(8-15-10-17(24)19(26)12-21(15)29-3)22(27)30-7-5-6-14-9-16(23)18(25)11-20(14)28-2/h9-13H,4-8H2,1-3H3. The van der Waals surface area contributed by atoms with Crippen molar-refractivity contribution in [3.05, 3.63) is 58.7 Å². The first-order valence-electron chi connectivity index (χ1n) is 9.51. The first-order valence-corrected chi connectivity index (χ1v) is 9.51. The number of benzene rings is 2. The zero-order valence-corrected chi connectivity index (χ0v) is 17.1. The van der Waals surface area contributed by atoms with E-state index < -0.39 is 35.2 Å². The van der Waals surface area contributed by atoms with Crippen LogP contribution in [-0.4, -0.2) is 26.8 Å². The van der Waals surface area contributed by atoms with Crippen LogP contribution in [0, 0.1) is 29.2 Å². The van der Waals surface area contributed by atoms with Crippen LogP contribution < -0.4 is 9.47 Å². The molecule has 164 valence electrons. The number of rotatable bonds is 10. The van der Waals surface area contributed by atoms with Gasteiger partial charge in [-0.15, -0.1) is 0 Å². The fraction of sp³-hybridized carbons (Fsp3) is 0.409. The van der Waals surface area contributed by atoms with Crippen molar-refractivity contribution in [3.8, 4) is 11.5 Å². The topological polar surface area (TPSA) is 44.8 Å². The Labute approximate surface area is 172 Å². The predicted octanol–water partition coefficient (Wildman–Crippen LogP) is 5.00. The first-order chi connectivity index (χ1) is 14.3. The molecule has 0 saturated carbocycles. The lowest BCUT2D eigenvalue weighted by molar-refractivity contribution is -0.148.